The number of carbonyl (C=O) groups is 1. The molecule has 0 aliphatic carbocycles. The highest BCUT2D eigenvalue weighted by molar-refractivity contribution is 6.32. The number of ether oxygens (including phenoxy) is 2. The minimum absolute atomic E-state index is 0.00635. The fraction of sp³-hybridized carbons (Fsp3) is 0.118. The Morgan fingerprint density at radius 1 is 1.22 bits per heavy atom. The summed E-state index contributed by atoms with van der Waals surface area (Å²) in [6, 6.07) is 7.51. The van der Waals surface area contributed by atoms with E-state index in [0.29, 0.717) is 0 Å². The fourth-order valence-corrected chi connectivity index (χ4v) is 2.62. The molecule has 2 aromatic carbocycles. The summed E-state index contributed by atoms with van der Waals surface area (Å²) in [5.74, 6) is 0.0205. The first-order valence-electron chi connectivity index (χ1n) is 7.35. The molecule has 1 heterocycles. The van der Waals surface area contributed by atoms with E-state index in [2.05, 4.69) is 0 Å². The van der Waals surface area contributed by atoms with Gasteiger partial charge in [0.1, 0.15) is 23.5 Å². The second-order valence-electron chi connectivity index (χ2n) is 5.48. The Bertz CT molecular complexity index is 941. The fourth-order valence-electron chi connectivity index (χ4n) is 2.41. The molecule has 1 unspecified atom stereocenters. The van der Waals surface area contributed by atoms with E-state index in [9.17, 15) is 28.1 Å². The van der Waals surface area contributed by atoms with E-state index in [0.717, 1.165) is 12.1 Å². The molecule has 0 N–H and O–H groups in total. The second-order valence-corrected chi connectivity index (χ2v) is 5.88. The van der Waals surface area contributed by atoms with Crippen molar-refractivity contribution in [1.82, 2.24) is 0 Å². The Labute approximate surface area is 154 Å². The van der Waals surface area contributed by atoms with Crippen LogP contribution in [0.15, 0.2) is 42.0 Å². The normalized spacial score (nSPS) is 16.0. The van der Waals surface area contributed by atoms with Crippen molar-refractivity contribution in [2.45, 2.75) is 12.3 Å². The molecule has 2 aromatic rings. The lowest BCUT2D eigenvalue weighted by atomic mass is 10.0. The van der Waals surface area contributed by atoms with Crippen LogP contribution in [0.5, 0.6) is 17.2 Å². The minimum atomic E-state index is -4.77. The zero-order chi connectivity index (χ0) is 19.8. The molecule has 0 saturated carbocycles. The third kappa shape index (κ3) is 3.87. The summed E-state index contributed by atoms with van der Waals surface area (Å²) in [6.45, 7) is 0. The minimum Gasteiger partial charge on any atom is -0.475 e. The van der Waals surface area contributed by atoms with E-state index >= 15 is 0 Å². The molecule has 6 nitrogen and oxygen atoms in total. The molecule has 1 aliphatic heterocycles. The molecule has 0 aromatic heterocycles. The summed E-state index contributed by atoms with van der Waals surface area (Å²) < 4.78 is 49.6. The maximum Gasteiger partial charge on any atom is 0.429 e. The average molecular weight is 400 g/mol. The molecule has 10 heteroatoms. The number of alkyl halides is 3. The molecule has 1 atom stereocenters. The van der Waals surface area contributed by atoms with Gasteiger partial charge in [0.15, 0.2) is 0 Å². The highest BCUT2D eigenvalue weighted by Crippen LogP contribution is 2.42. The molecule has 27 heavy (non-hydrogen) atoms. The van der Waals surface area contributed by atoms with Gasteiger partial charge in [0, 0.05) is 29.3 Å². The summed E-state index contributed by atoms with van der Waals surface area (Å²) in [5.41, 5.74) is -0.532. The highest BCUT2D eigenvalue weighted by Gasteiger charge is 2.46. The maximum absolute atomic E-state index is 13.1. The van der Waals surface area contributed by atoms with Crippen molar-refractivity contribution in [1.29, 1.82) is 0 Å². The molecule has 1 aliphatic rings. The van der Waals surface area contributed by atoms with Gasteiger partial charge in [0.25, 0.3) is 5.69 Å². The largest absolute Gasteiger partial charge is 0.475 e. The van der Waals surface area contributed by atoms with Crippen molar-refractivity contribution in [3.05, 3.63) is 62.7 Å². The Balaban J connectivity index is 1.93. The van der Waals surface area contributed by atoms with E-state index in [1.807, 2.05) is 0 Å². The third-order valence-corrected chi connectivity index (χ3v) is 3.94. The summed E-state index contributed by atoms with van der Waals surface area (Å²) >= 11 is 6.08. The first kappa shape index (κ1) is 18.7. The monoisotopic (exact) mass is 399 g/mol. The number of benzene rings is 2. The van der Waals surface area contributed by atoms with Crippen LogP contribution in [-0.2, 0) is 4.79 Å². The highest BCUT2D eigenvalue weighted by atomic mass is 35.5. The number of nitro groups is 1. The third-order valence-electron chi connectivity index (χ3n) is 3.64. The number of nitro benzene ring substituents is 1. The van der Waals surface area contributed by atoms with Crippen LogP contribution in [0.25, 0.3) is 6.08 Å². The lowest BCUT2D eigenvalue weighted by Gasteiger charge is -2.27. The van der Waals surface area contributed by atoms with Gasteiger partial charge in [0.2, 0.25) is 6.10 Å². The molecular weight excluding hydrogens is 391 g/mol. The van der Waals surface area contributed by atoms with E-state index in [4.69, 9.17) is 21.1 Å². The number of rotatable bonds is 4. The maximum atomic E-state index is 13.1. The standard InChI is InChI=1S/C17H9ClF3NO5/c18-13-6-9-5-10(8-23)16(17(19,20)21)27-14(9)7-15(13)26-12-3-1-11(2-4-12)22(24)25/h1-8,16H. The van der Waals surface area contributed by atoms with Crippen molar-refractivity contribution in [2.24, 2.45) is 0 Å². The summed E-state index contributed by atoms with van der Waals surface area (Å²) in [4.78, 5) is 21.0. The van der Waals surface area contributed by atoms with Crippen molar-refractivity contribution >= 4 is 29.7 Å². The second kappa shape index (κ2) is 6.92. The van der Waals surface area contributed by atoms with Gasteiger partial charge in [-0.15, -0.1) is 0 Å². The number of halogens is 4. The number of hydrogen-bond acceptors (Lipinski definition) is 5. The van der Waals surface area contributed by atoms with Crippen LogP contribution in [-0.4, -0.2) is 23.5 Å². The molecule has 3 rings (SSSR count). The molecule has 0 spiro atoms. The zero-order valence-electron chi connectivity index (χ0n) is 13.2. The van der Waals surface area contributed by atoms with Crippen molar-refractivity contribution in [2.75, 3.05) is 0 Å². The van der Waals surface area contributed by atoms with E-state index in [1.165, 1.54) is 30.3 Å². The van der Waals surface area contributed by atoms with Crippen molar-refractivity contribution < 1.29 is 32.4 Å². The number of fused-ring (bicyclic) bond motifs is 1. The van der Waals surface area contributed by atoms with Gasteiger partial charge in [0.05, 0.1) is 9.95 Å². The Kier molecular flexibility index (Phi) is 4.79. The Morgan fingerprint density at radius 3 is 2.44 bits per heavy atom. The van der Waals surface area contributed by atoms with Gasteiger partial charge in [-0.3, -0.25) is 14.9 Å². The molecule has 0 radical (unpaired) electrons. The first-order chi connectivity index (χ1) is 12.7. The average Bonchev–Trinajstić information content (AvgIpc) is 2.61. The SMILES string of the molecule is O=CC1=Cc2cc(Cl)c(Oc3ccc([N+](=O)[O-])cc3)cc2OC1C(F)(F)F. The van der Waals surface area contributed by atoms with Crippen LogP contribution in [0.1, 0.15) is 5.56 Å². The molecule has 0 saturated heterocycles. The predicted octanol–water partition coefficient (Wildman–Crippen LogP) is 4.95. The summed E-state index contributed by atoms with van der Waals surface area (Å²) in [5, 5.41) is 10.7. The van der Waals surface area contributed by atoms with Crippen molar-refractivity contribution in [3.8, 4) is 17.2 Å². The number of non-ortho nitro benzene ring substituents is 1. The predicted molar refractivity (Wildman–Crippen MR) is 89.1 cm³/mol. The van der Waals surface area contributed by atoms with Gasteiger partial charge in [-0.25, -0.2) is 0 Å². The van der Waals surface area contributed by atoms with Crippen molar-refractivity contribution in [3.63, 3.8) is 0 Å². The van der Waals surface area contributed by atoms with Gasteiger partial charge < -0.3 is 9.47 Å². The number of nitrogens with zero attached hydrogens (tertiary/aromatic N) is 1. The first-order valence-corrected chi connectivity index (χ1v) is 7.73. The lowest BCUT2D eigenvalue weighted by molar-refractivity contribution is -0.384. The topological polar surface area (TPSA) is 78.7 Å². The van der Waals surface area contributed by atoms with E-state index < -0.39 is 22.8 Å². The Hall–Kier alpha value is -3.07. The van der Waals surface area contributed by atoms with Crippen LogP contribution in [0.2, 0.25) is 5.02 Å². The molecule has 0 fully saturated rings. The summed E-state index contributed by atoms with van der Waals surface area (Å²) in [6.07, 6.45) is -6.04. The zero-order valence-corrected chi connectivity index (χ0v) is 14.0. The van der Waals surface area contributed by atoms with Gasteiger partial charge in [-0.1, -0.05) is 11.6 Å². The molecule has 140 valence electrons. The number of carbonyl (C=O) groups excluding carboxylic acids is 1. The number of aldehydes is 1. The Morgan fingerprint density at radius 2 is 1.89 bits per heavy atom. The van der Waals surface area contributed by atoms with Gasteiger partial charge in [-0.2, -0.15) is 13.2 Å². The quantitative estimate of drug-likeness (QED) is 0.413. The van der Waals surface area contributed by atoms with Crippen LogP contribution >= 0.6 is 11.6 Å². The lowest BCUT2D eigenvalue weighted by Crippen LogP contribution is -2.38. The van der Waals surface area contributed by atoms with Gasteiger partial charge >= 0.3 is 6.18 Å². The van der Waals surface area contributed by atoms with Crippen LogP contribution in [0, 0.1) is 10.1 Å². The molecule has 0 amide bonds. The van der Waals surface area contributed by atoms with E-state index in [1.54, 1.807) is 0 Å². The number of hydrogen-bond donors (Lipinski definition) is 0. The molecule has 0 bridgehead atoms. The van der Waals surface area contributed by atoms with Crippen LogP contribution in [0.4, 0.5) is 18.9 Å². The van der Waals surface area contributed by atoms with Gasteiger partial charge in [-0.05, 0) is 24.3 Å². The smallest absolute Gasteiger partial charge is 0.429 e. The molecular formula is C17H9ClF3NO5. The van der Waals surface area contributed by atoms with Crippen LogP contribution < -0.4 is 9.47 Å². The van der Waals surface area contributed by atoms with E-state index in [-0.39, 0.29) is 39.8 Å². The summed E-state index contributed by atoms with van der Waals surface area (Å²) in [7, 11) is 0. The van der Waals surface area contributed by atoms with Crippen LogP contribution in [0.3, 0.4) is 0 Å².